The first-order valence-corrected chi connectivity index (χ1v) is 7.72. The Bertz CT molecular complexity index is 487. The molecule has 0 spiro atoms. The second-order valence-electron chi connectivity index (χ2n) is 4.17. The van der Waals surface area contributed by atoms with E-state index in [9.17, 15) is 8.42 Å². The molecular weight excluding hydrogens is 304 g/mol. The highest BCUT2D eigenvalue weighted by Crippen LogP contribution is 2.19. The van der Waals surface area contributed by atoms with Crippen molar-refractivity contribution in [3.8, 4) is 0 Å². The topological polar surface area (TPSA) is 49.4 Å². The van der Waals surface area contributed by atoms with Gasteiger partial charge < -0.3 is 5.32 Å². The molecule has 1 N–H and O–H groups in total. The lowest BCUT2D eigenvalue weighted by Gasteiger charge is -2.30. The molecule has 17 heavy (non-hydrogen) atoms. The Morgan fingerprint density at radius 2 is 2.00 bits per heavy atom. The summed E-state index contributed by atoms with van der Waals surface area (Å²) in [5, 5.41) is 3.23. The van der Waals surface area contributed by atoms with Crippen LogP contribution < -0.4 is 5.32 Å². The van der Waals surface area contributed by atoms with Crippen molar-refractivity contribution in [2.45, 2.75) is 17.9 Å². The molecule has 1 aromatic carbocycles. The van der Waals surface area contributed by atoms with Crippen molar-refractivity contribution in [3.63, 3.8) is 0 Å². The van der Waals surface area contributed by atoms with Crippen LogP contribution in [0.2, 0.25) is 0 Å². The normalized spacial score (nSPS) is 22.6. The van der Waals surface area contributed by atoms with Gasteiger partial charge in [-0.1, -0.05) is 15.9 Å². The zero-order valence-electron chi connectivity index (χ0n) is 9.56. The lowest BCUT2D eigenvalue weighted by atomic mass is 10.3. The van der Waals surface area contributed by atoms with Crippen LogP contribution in [0, 0.1) is 0 Å². The Hall–Kier alpha value is -0.430. The van der Waals surface area contributed by atoms with Gasteiger partial charge in [-0.3, -0.25) is 0 Å². The van der Waals surface area contributed by atoms with Crippen molar-refractivity contribution in [1.82, 2.24) is 9.62 Å². The molecule has 0 aromatic heterocycles. The highest BCUT2D eigenvalue weighted by atomic mass is 79.9. The molecule has 1 heterocycles. The largest absolute Gasteiger partial charge is 0.312 e. The van der Waals surface area contributed by atoms with E-state index in [0.29, 0.717) is 24.5 Å². The van der Waals surface area contributed by atoms with Gasteiger partial charge in [0.1, 0.15) is 0 Å². The van der Waals surface area contributed by atoms with E-state index in [2.05, 4.69) is 21.2 Å². The Balaban J connectivity index is 2.26. The first-order chi connectivity index (χ1) is 8.00. The quantitative estimate of drug-likeness (QED) is 0.897. The lowest BCUT2D eigenvalue weighted by molar-refractivity contribution is 0.310. The van der Waals surface area contributed by atoms with Crippen molar-refractivity contribution in [2.24, 2.45) is 0 Å². The molecule has 0 bridgehead atoms. The van der Waals surface area contributed by atoms with Gasteiger partial charge in [0, 0.05) is 30.1 Å². The van der Waals surface area contributed by atoms with Crippen LogP contribution in [0.25, 0.3) is 0 Å². The minimum atomic E-state index is -3.34. The van der Waals surface area contributed by atoms with Crippen molar-refractivity contribution >= 4 is 26.0 Å². The average molecular weight is 319 g/mol. The van der Waals surface area contributed by atoms with Gasteiger partial charge in [0.2, 0.25) is 10.0 Å². The van der Waals surface area contributed by atoms with E-state index in [1.165, 1.54) is 4.31 Å². The highest BCUT2D eigenvalue weighted by Gasteiger charge is 2.28. The van der Waals surface area contributed by atoms with Gasteiger partial charge in [0.05, 0.1) is 4.90 Å². The Labute approximate surface area is 110 Å². The van der Waals surface area contributed by atoms with E-state index < -0.39 is 10.0 Å². The van der Waals surface area contributed by atoms with Crippen LogP contribution in [-0.4, -0.2) is 38.4 Å². The molecule has 1 saturated heterocycles. The lowest BCUT2D eigenvalue weighted by Crippen LogP contribution is -2.51. The molecule has 2 rings (SSSR count). The van der Waals surface area contributed by atoms with Crippen LogP contribution in [0.5, 0.6) is 0 Å². The summed E-state index contributed by atoms with van der Waals surface area (Å²) in [6.45, 7) is 3.75. The van der Waals surface area contributed by atoms with Gasteiger partial charge in [0.25, 0.3) is 0 Å². The summed E-state index contributed by atoms with van der Waals surface area (Å²) >= 11 is 3.30. The van der Waals surface area contributed by atoms with Gasteiger partial charge in [-0.2, -0.15) is 4.31 Å². The summed E-state index contributed by atoms with van der Waals surface area (Å²) in [6, 6.07) is 6.96. The predicted octanol–water partition coefficient (Wildman–Crippen LogP) is 1.43. The number of hydrogen-bond donors (Lipinski definition) is 1. The third kappa shape index (κ3) is 2.88. The number of rotatable bonds is 2. The third-order valence-electron chi connectivity index (χ3n) is 2.78. The zero-order chi connectivity index (χ0) is 12.5. The van der Waals surface area contributed by atoms with Crippen molar-refractivity contribution in [3.05, 3.63) is 28.7 Å². The van der Waals surface area contributed by atoms with Crippen LogP contribution >= 0.6 is 15.9 Å². The number of halogens is 1. The van der Waals surface area contributed by atoms with Gasteiger partial charge in [-0.05, 0) is 31.2 Å². The fourth-order valence-corrected chi connectivity index (χ4v) is 3.66. The average Bonchev–Trinajstić information content (AvgIpc) is 2.29. The number of nitrogens with one attached hydrogen (secondary N) is 1. The summed E-state index contributed by atoms with van der Waals surface area (Å²) in [5.74, 6) is 0. The summed E-state index contributed by atoms with van der Waals surface area (Å²) in [6.07, 6.45) is 0. The fourth-order valence-electron chi connectivity index (χ4n) is 1.87. The van der Waals surface area contributed by atoms with E-state index in [0.717, 1.165) is 4.47 Å². The van der Waals surface area contributed by atoms with Crippen LogP contribution in [0.3, 0.4) is 0 Å². The molecule has 0 radical (unpaired) electrons. The van der Waals surface area contributed by atoms with Crippen LogP contribution in [0.1, 0.15) is 6.92 Å². The smallest absolute Gasteiger partial charge is 0.243 e. The first kappa shape index (κ1) is 13.0. The molecule has 4 nitrogen and oxygen atoms in total. The van der Waals surface area contributed by atoms with Gasteiger partial charge in [0.15, 0.2) is 0 Å². The minimum absolute atomic E-state index is 0.203. The van der Waals surface area contributed by atoms with Gasteiger partial charge >= 0.3 is 0 Å². The van der Waals surface area contributed by atoms with Crippen molar-refractivity contribution in [1.29, 1.82) is 0 Å². The SMILES string of the molecule is C[C@@H]1CN(S(=O)(=O)c2ccc(Br)cc2)CCN1. The molecule has 1 atom stereocenters. The molecule has 0 saturated carbocycles. The maximum atomic E-state index is 12.3. The Morgan fingerprint density at radius 3 is 2.59 bits per heavy atom. The molecule has 1 aliphatic rings. The molecule has 6 heteroatoms. The predicted molar refractivity (Wildman–Crippen MR) is 70.4 cm³/mol. The monoisotopic (exact) mass is 318 g/mol. The number of piperazine rings is 1. The van der Waals surface area contributed by atoms with Crippen LogP contribution in [0.15, 0.2) is 33.6 Å². The second-order valence-corrected chi connectivity index (χ2v) is 7.03. The molecular formula is C11H15BrN2O2S. The Kier molecular flexibility index (Phi) is 3.87. The summed E-state index contributed by atoms with van der Waals surface area (Å²) < 4.78 is 27.1. The fraction of sp³-hybridized carbons (Fsp3) is 0.455. The zero-order valence-corrected chi connectivity index (χ0v) is 12.0. The third-order valence-corrected chi connectivity index (χ3v) is 5.19. The summed E-state index contributed by atoms with van der Waals surface area (Å²) in [4.78, 5) is 0.356. The molecule has 1 aromatic rings. The van der Waals surface area contributed by atoms with E-state index in [4.69, 9.17) is 0 Å². The second kappa shape index (κ2) is 5.06. The molecule has 0 aliphatic carbocycles. The first-order valence-electron chi connectivity index (χ1n) is 5.49. The van der Waals surface area contributed by atoms with E-state index in [1.807, 2.05) is 6.92 Å². The number of benzene rings is 1. The highest BCUT2D eigenvalue weighted by molar-refractivity contribution is 9.10. The van der Waals surface area contributed by atoms with Gasteiger partial charge in [-0.25, -0.2) is 8.42 Å². The van der Waals surface area contributed by atoms with Crippen molar-refractivity contribution < 1.29 is 8.42 Å². The molecule has 1 aliphatic heterocycles. The number of sulfonamides is 1. The number of nitrogens with zero attached hydrogens (tertiary/aromatic N) is 1. The number of hydrogen-bond acceptors (Lipinski definition) is 3. The maximum Gasteiger partial charge on any atom is 0.243 e. The molecule has 0 unspecified atom stereocenters. The van der Waals surface area contributed by atoms with Crippen molar-refractivity contribution in [2.75, 3.05) is 19.6 Å². The van der Waals surface area contributed by atoms with Crippen LogP contribution in [-0.2, 0) is 10.0 Å². The van der Waals surface area contributed by atoms with E-state index in [1.54, 1.807) is 24.3 Å². The van der Waals surface area contributed by atoms with E-state index >= 15 is 0 Å². The summed E-state index contributed by atoms with van der Waals surface area (Å²) in [7, 11) is -3.34. The molecule has 94 valence electrons. The standard InChI is InChI=1S/C11H15BrN2O2S/c1-9-8-14(7-6-13-9)17(15,16)11-4-2-10(12)3-5-11/h2-5,9,13H,6-8H2,1H3/t9-/m1/s1. The molecule has 0 amide bonds. The Morgan fingerprint density at radius 1 is 1.35 bits per heavy atom. The van der Waals surface area contributed by atoms with Crippen LogP contribution in [0.4, 0.5) is 0 Å². The van der Waals surface area contributed by atoms with Gasteiger partial charge in [-0.15, -0.1) is 0 Å². The summed E-state index contributed by atoms with van der Waals surface area (Å²) in [5.41, 5.74) is 0. The minimum Gasteiger partial charge on any atom is -0.312 e. The maximum absolute atomic E-state index is 12.3. The van der Waals surface area contributed by atoms with E-state index in [-0.39, 0.29) is 6.04 Å². The molecule has 1 fully saturated rings.